The smallest absolute Gasteiger partial charge is 0.161 e. The Hall–Kier alpha value is -1.29. The number of hydrogen-bond acceptors (Lipinski definition) is 3. The summed E-state index contributed by atoms with van der Waals surface area (Å²) in [5.41, 5.74) is 1.26. The lowest BCUT2D eigenvalue weighted by Crippen LogP contribution is -2.22. The summed E-state index contributed by atoms with van der Waals surface area (Å²) >= 11 is 0. The molecule has 0 N–H and O–H groups in total. The Bertz CT molecular complexity index is 438. The zero-order valence-corrected chi connectivity index (χ0v) is 11.1. The lowest BCUT2D eigenvalue weighted by Gasteiger charge is -2.19. The molecular weight excluding hydrogens is 245 g/mol. The van der Waals surface area contributed by atoms with Gasteiger partial charge in [0.25, 0.3) is 0 Å². The number of aryl methyl sites for hydroxylation is 1. The largest absolute Gasteiger partial charge is 0.486 e. The van der Waals surface area contributed by atoms with Crippen molar-refractivity contribution in [1.82, 2.24) is 4.90 Å². The van der Waals surface area contributed by atoms with E-state index in [1.807, 2.05) is 6.07 Å². The zero-order chi connectivity index (χ0) is 13.1. The number of nitrogens with zero attached hydrogens (tertiary/aromatic N) is 1. The van der Waals surface area contributed by atoms with Gasteiger partial charge in [-0.15, -0.1) is 0 Å². The molecule has 1 fully saturated rings. The number of fused-ring (bicyclic) bond motifs is 1. The van der Waals surface area contributed by atoms with Gasteiger partial charge in [0.2, 0.25) is 0 Å². The summed E-state index contributed by atoms with van der Waals surface area (Å²) in [6.45, 7) is 3.76. The highest BCUT2D eigenvalue weighted by Crippen LogP contribution is 2.31. The van der Waals surface area contributed by atoms with Gasteiger partial charge in [-0.2, -0.15) is 0 Å². The van der Waals surface area contributed by atoms with Crippen LogP contribution in [-0.4, -0.2) is 43.9 Å². The van der Waals surface area contributed by atoms with Gasteiger partial charge in [0.1, 0.15) is 19.4 Å². The van der Waals surface area contributed by atoms with Crippen molar-refractivity contribution < 1.29 is 13.9 Å². The normalized spacial score (nSPS) is 22.7. The third-order valence-corrected chi connectivity index (χ3v) is 3.76. The number of ether oxygens (including phenoxy) is 2. The Balaban J connectivity index is 1.50. The van der Waals surface area contributed by atoms with Crippen LogP contribution in [0.15, 0.2) is 18.2 Å². The summed E-state index contributed by atoms with van der Waals surface area (Å²) in [4.78, 5) is 2.21. The molecule has 1 unspecified atom stereocenters. The van der Waals surface area contributed by atoms with Crippen molar-refractivity contribution in [2.45, 2.75) is 25.4 Å². The molecule has 19 heavy (non-hydrogen) atoms. The molecule has 0 radical (unpaired) electrons. The first-order valence-corrected chi connectivity index (χ1v) is 7.06. The lowest BCUT2D eigenvalue weighted by molar-refractivity contribution is 0.171. The molecule has 2 aliphatic heterocycles. The summed E-state index contributed by atoms with van der Waals surface area (Å²) in [6, 6.07) is 6.14. The standard InChI is InChI=1S/C15H20FNO2/c16-13-5-7-17(11-13)6-1-2-12-3-4-14-15(10-12)19-9-8-18-14/h3-4,10,13H,1-2,5-9,11H2. The zero-order valence-electron chi connectivity index (χ0n) is 11.1. The fourth-order valence-corrected chi connectivity index (χ4v) is 2.74. The van der Waals surface area contributed by atoms with Gasteiger partial charge in [-0.1, -0.05) is 6.07 Å². The van der Waals surface area contributed by atoms with Crippen LogP contribution in [0, 0.1) is 0 Å². The molecule has 1 saturated heterocycles. The van der Waals surface area contributed by atoms with Crippen LogP contribution < -0.4 is 9.47 Å². The number of hydrogen-bond donors (Lipinski definition) is 0. The molecule has 4 heteroatoms. The third kappa shape index (κ3) is 3.18. The maximum absolute atomic E-state index is 13.0. The SMILES string of the molecule is FC1CCN(CCCc2ccc3c(c2)OCCO3)C1. The summed E-state index contributed by atoms with van der Waals surface area (Å²) in [7, 11) is 0. The van der Waals surface area contributed by atoms with Gasteiger partial charge in [-0.25, -0.2) is 4.39 Å². The van der Waals surface area contributed by atoms with Crippen molar-refractivity contribution in [2.75, 3.05) is 32.8 Å². The quantitative estimate of drug-likeness (QED) is 0.834. The van der Waals surface area contributed by atoms with Crippen LogP contribution in [-0.2, 0) is 6.42 Å². The Morgan fingerprint density at radius 1 is 1.21 bits per heavy atom. The predicted molar refractivity (Wildman–Crippen MR) is 71.7 cm³/mol. The van der Waals surface area contributed by atoms with Gasteiger partial charge in [0.05, 0.1) is 0 Å². The maximum Gasteiger partial charge on any atom is 0.161 e. The van der Waals surface area contributed by atoms with E-state index >= 15 is 0 Å². The lowest BCUT2D eigenvalue weighted by atomic mass is 10.1. The molecule has 3 nitrogen and oxygen atoms in total. The van der Waals surface area contributed by atoms with Crippen LogP contribution in [0.25, 0.3) is 0 Å². The molecule has 0 aromatic heterocycles. The Morgan fingerprint density at radius 3 is 2.84 bits per heavy atom. The van der Waals surface area contributed by atoms with E-state index in [4.69, 9.17) is 9.47 Å². The van der Waals surface area contributed by atoms with Crippen molar-refractivity contribution >= 4 is 0 Å². The van der Waals surface area contributed by atoms with Gasteiger partial charge in [0.15, 0.2) is 11.5 Å². The fraction of sp³-hybridized carbons (Fsp3) is 0.600. The molecule has 2 heterocycles. The molecule has 1 aromatic carbocycles. The molecular formula is C15H20FNO2. The van der Waals surface area contributed by atoms with Crippen molar-refractivity contribution in [3.63, 3.8) is 0 Å². The molecule has 104 valence electrons. The highest BCUT2D eigenvalue weighted by Gasteiger charge is 2.20. The van der Waals surface area contributed by atoms with Gasteiger partial charge in [-0.05, 0) is 43.5 Å². The van der Waals surface area contributed by atoms with Crippen LogP contribution in [0.2, 0.25) is 0 Å². The number of benzene rings is 1. The molecule has 0 spiro atoms. The van der Waals surface area contributed by atoms with Crippen LogP contribution >= 0.6 is 0 Å². The average molecular weight is 265 g/mol. The van der Waals surface area contributed by atoms with E-state index in [9.17, 15) is 4.39 Å². The van der Waals surface area contributed by atoms with E-state index in [0.717, 1.165) is 37.4 Å². The summed E-state index contributed by atoms with van der Waals surface area (Å²) in [5, 5.41) is 0. The molecule has 0 saturated carbocycles. The number of rotatable bonds is 4. The van der Waals surface area contributed by atoms with Crippen LogP contribution in [0.4, 0.5) is 4.39 Å². The first kappa shape index (κ1) is 12.7. The molecule has 0 amide bonds. The monoisotopic (exact) mass is 265 g/mol. The predicted octanol–water partition coefficient (Wildman–Crippen LogP) is 2.43. The molecule has 1 atom stereocenters. The molecule has 2 aliphatic rings. The molecule has 0 bridgehead atoms. The summed E-state index contributed by atoms with van der Waals surface area (Å²) in [6.07, 6.45) is 2.15. The van der Waals surface area contributed by atoms with Crippen molar-refractivity contribution in [3.05, 3.63) is 23.8 Å². The van der Waals surface area contributed by atoms with Crippen LogP contribution in [0.1, 0.15) is 18.4 Å². The second-order valence-electron chi connectivity index (χ2n) is 5.27. The van der Waals surface area contributed by atoms with E-state index in [-0.39, 0.29) is 0 Å². The van der Waals surface area contributed by atoms with Gasteiger partial charge in [-0.3, -0.25) is 0 Å². The molecule has 3 rings (SSSR count). The van der Waals surface area contributed by atoms with E-state index in [0.29, 0.717) is 26.2 Å². The van der Waals surface area contributed by atoms with Crippen molar-refractivity contribution in [2.24, 2.45) is 0 Å². The third-order valence-electron chi connectivity index (χ3n) is 3.76. The Morgan fingerprint density at radius 2 is 2.05 bits per heavy atom. The molecule has 0 aliphatic carbocycles. The second kappa shape index (κ2) is 5.78. The topological polar surface area (TPSA) is 21.7 Å². The fourth-order valence-electron chi connectivity index (χ4n) is 2.74. The average Bonchev–Trinajstić information content (AvgIpc) is 2.84. The first-order chi connectivity index (χ1) is 9.31. The minimum atomic E-state index is -0.616. The summed E-state index contributed by atoms with van der Waals surface area (Å²) < 4.78 is 24.1. The first-order valence-electron chi connectivity index (χ1n) is 7.06. The number of alkyl halides is 1. The number of halogens is 1. The van der Waals surface area contributed by atoms with Crippen molar-refractivity contribution in [3.8, 4) is 11.5 Å². The minimum Gasteiger partial charge on any atom is -0.486 e. The van der Waals surface area contributed by atoms with Crippen LogP contribution in [0.3, 0.4) is 0 Å². The Kier molecular flexibility index (Phi) is 3.87. The van der Waals surface area contributed by atoms with Gasteiger partial charge < -0.3 is 14.4 Å². The minimum absolute atomic E-state index is 0.612. The van der Waals surface area contributed by atoms with E-state index in [2.05, 4.69) is 17.0 Å². The Labute approximate surface area is 113 Å². The highest BCUT2D eigenvalue weighted by molar-refractivity contribution is 5.43. The summed E-state index contributed by atoms with van der Waals surface area (Å²) in [5.74, 6) is 1.70. The van der Waals surface area contributed by atoms with Gasteiger partial charge in [0, 0.05) is 13.1 Å². The van der Waals surface area contributed by atoms with E-state index in [1.165, 1.54) is 5.56 Å². The van der Waals surface area contributed by atoms with E-state index < -0.39 is 6.17 Å². The maximum atomic E-state index is 13.0. The number of likely N-dealkylation sites (tertiary alicyclic amines) is 1. The highest BCUT2D eigenvalue weighted by atomic mass is 19.1. The van der Waals surface area contributed by atoms with E-state index in [1.54, 1.807) is 0 Å². The van der Waals surface area contributed by atoms with Gasteiger partial charge >= 0.3 is 0 Å². The second-order valence-corrected chi connectivity index (χ2v) is 5.27. The van der Waals surface area contributed by atoms with Crippen LogP contribution in [0.5, 0.6) is 11.5 Å². The molecule has 1 aromatic rings. The van der Waals surface area contributed by atoms with Crippen molar-refractivity contribution in [1.29, 1.82) is 0 Å².